The number of nitrogens with two attached hydrogens (primary N) is 1. The summed E-state index contributed by atoms with van der Waals surface area (Å²) in [5.74, 6) is -0.881. The predicted octanol–water partition coefficient (Wildman–Crippen LogP) is 4.01. The van der Waals surface area contributed by atoms with E-state index < -0.39 is 11.6 Å². The molecule has 2 N–H and O–H groups in total. The zero-order chi connectivity index (χ0) is 12.4. The average molecular weight is 251 g/mol. The molecule has 2 rings (SSSR count). The van der Waals surface area contributed by atoms with E-state index in [0.29, 0.717) is 5.69 Å². The number of halogens is 2. The van der Waals surface area contributed by atoms with Gasteiger partial charge in [0, 0.05) is 10.6 Å². The maximum atomic E-state index is 13.5. The Morgan fingerprint density at radius 3 is 2.53 bits per heavy atom. The van der Waals surface area contributed by atoms with Crippen LogP contribution in [0, 0.1) is 18.6 Å². The highest BCUT2D eigenvalue weighted by molar-refractivity contribution is 7.99. The summed E-state index contributed by atoms with van der Waals surface area (Å²) in [6.07, 6.45) is 0. The zero-order valence-corrected chi connectivity index (χ0v) is 10.0. The third-order valence-electron chi connectivity index (χ3n) is 2.33. The monoisotopic (exact) mass is 251 g/mol. The SMILES string of the molecule is Cc1ccc(N)cc1Sc1cc(F)ccc1F. The van der Waals surface area contributed by atoms with Crippen molar-refractivity contribution in [1.82, 2.24) is 0 Å². The summed E-state index contributed by atoms with van der Waals surface area (Å²) in [6.45, 7) is 1.90. The lowest BCUT2D eigenvalue weighted by atomic mass is 10.2. The van der Waals surface area contributed by atoms with Crippen LogP contribution in [0.1, 0.15) is 5.56 Å². The Morgan fingerprint density at radius 2 is 1.76 bits per heavy atom. The van der Waals surface area contributed by atoms with Crippen molar-refractivity contribution in [3.63, 3.8) is 0 Å². The fraction of sp³-hybridized carbons (Fsp3) is 0.0769. The molecular weight excluding hydrogens is 240 g/mol. The van der Waals surface area contributed by atoms with Crippen LogP contribution in [-0.4, -0.2) is 0 Å². The Balaban J connectivity index is 2.37. The van der Waals surface area contributed by atoms with E-state index >= 15 is 0 Å². The number of rotatable bonds is 2. The highest BCUT2D eigenvalue weighted by Gasteiger charge is 2.08. The summed E-state index contributed by atoms with van der Waals surface area (Å²) in [5.41, 5.74) is 7.25. The first-order valence-electron chi connectivity index (χ1n) is 5.05. The largest absolute Gasteiger partial charge is 0.399 e. The molecule has 0 aliphatic rings. The molecule has 0 saturated heterocycles. The zero-order valence-electron chi connectivity index (χ0n) is 9.21. The van der Waals surface area contributed by atoms with Crippen LogP contribution < -0.4 is 5.73 Å². The molecular formula is C13H11F2NS. The van der Waals surface area contributed by atoms with E-state index in [1.54, 1.807) is 12.1 Å². The Morgan fingerprint density at radius 1 is 1.00 bits per heavy atom. The molecule has 0 aliphatic carbocycles. The van der Waals surface area contributed by atoms with Gasteiger partial charge in [0.15, 0.2) is 0 Å². The lowest BCUT2D eigenvalue weighted by Crippen LogP contribution is -1.89. The van der Waals surface area contributed by atoms with Gasteiger partial charge in [-0.2, -0.15) is 0 Å². The first kappa shape index (κ1) is 11.9. The molecule has 0 unspecified atom stereocenters. The third-order valence-corrected chi connectivity index (χ3v) is 3.52. The molecule has 0 radical (unpaired) electrons. The molecule has 17 heavy (non-hydrogen) atoms. The van der Waals surface area contributed by atoms with Gasteiger partial charge in [0.25, 0.3) is 0 Å². The fourth-order valence-electron chi connectivity index (χ4n) is 1.40. The van der Waals surface area contributed by atoms with Crippen molar-refractivity contribution in [3.8, 4) is 0 Å². The van der Waals surface area contributed by atoms with Crippen LogP contribution in [0.3, 0.4) is 0 Å². The predicted molar refractivity (Wildman–Crippen MR) is 66.1 cm³/mol. The number of nitrogen functional groups attached to an aromatic ring is 1. The van der Waals surface area contributed by atoms with Gasteiger partial charge in [0.2, 0.25) is 0 Å². The second-order valence-corrected chi connectivity index (χ2v) is 4.79. The quantitative estimate of drug-likeness (QED) is 0.816. The van der Waals surface area contributed by atoms with Crippen LogP contribution in [0.15, 0.2) is 46.2 Å². The van der Waals surface area contributed by atoms with Gasteiger partial charge < -0.3 is 5.73 Å². The van der Waals surface area contributed by atoms with Crippen LogP contribution in [0.5, 0.6) is 0 Å². The van der Waals surface area contributed by atoms with Crippen LogP contribution in [-0.2, 0) is 0 Å². The van der Waals surface area contributed by atoms with E-state index in [1.165, 1.54) is 17.8 Å². The molecule has 0 atom stereocenters. The van der Waals surface area contributed by atoms with Crippen molar-refractivity contribution < 1.29 is 8.78 Å². The second kappa shape index (κ2) is 4.75. The molecule has 0 saturated carbocycles. The molecule has 0 aliphatic heterocycles. The molecule has 0 aromatic heterocycles. The lowest BCUT2D eigenvalue weighted by Gasteiger charge is -2.07. The number of hydrogen-bond donors (Lipinski definition) is 1. The van der Waals surface area contributed by atoms with E-state index in [-0.39, 0.29) is 4.90 Å². The molecule has 2 aromatic rings. The Bertz CT molecular complexity index is 506. The topological polar surface area (TPSA) is 26.0 Å². The number of aryl methyl sites for hydroxylation is 1. The second-order valence-electron chi connectivity index (χ2n) is 3.70. The minimum atomic E-state index is -0.449. The molecule has 4 heteroatoms. The van der Waals surface area contributed by atoms with Gasteiger partial charge in [-0.3, -0.25) is 0 Å². The van der Waals surface area contributed by atoms with Crippen LogP contribution in [0.4, 0.5) is 14.5 Å². The highest BCUT2D eigenvalue weighted by Crippen LogP contribution is 2.33. The van der Waals surface area contributed by atoms with Gasteiger partial charge in [0.1, 0.15) is 11.6 Å². The molecule has 1 nitrogen and oxygen atoms in total. The first-order valence-corrected chi connectivity index (χ1v) is 5.87. The smallest absolute Gasteiger partial charge is 0.137 e. The molecule has 0 fully saturated rings. The number of benzene rings is 2. The Kier molecular flexibility index (Phi) is 3.33. The minimum absolute atomic E-state index is 0.263. The molecule has 88 valence electrons. The maximum absolute atomic E-state index is 13.5. The Hall–Kier alpha value is -1.55. The third kappa shape index (κ3) is 2.77. The Labute approximate surface area is 103 Å². The summed E-state index contributed by atoms with van der Waals surface area (Å²) < 4.78 is 26.5. The summed E-state index contributed by atoms with van der Waals surface area (Å²) in [7, 11) is 0. The summed E-state index contributed by atoms with van der Waals surface area (Å²) >= 11 is 1.17. The molecule has 0 spiro atoms. The van der Waals surface area contributed by atoms with Crippen molar-refractivity contribution in [2.75, 3.05) is 5.73 Å². The van der Waals surface area contributed by atoms with Crippen molar-refractivity contribution in [2.24, 2.45) is 0 Å². The summed E-state index contributed by atoms with van der Waals surface area (Å²) in [5, 5.41) is 0. The van der Waals surface area contributed by atoms with Crippen molar-refractivity contribution >= 4 is 17.4 Å². The lowest BCUT2D eigenvalue weighted by molar-refractivity contribution is 0.577. The van der Waals surface area contributed by atoms with Crippen LogP contribution in [0.25, 0.3) is 0 Å². The van der Waals surface area contributed by atoms with Crippen molar-refractivity contribution in [2.45, 2.75) is 16.7 Å². The van der Waals surface area contributed by atoms with E-state index in [0.717, 1.165) is 22.6 Å². The van der Waals surface area contributed by atoms with Gasteiger partial charge in [-0.05, 0) is 42.8 Å². The highest BCUT2D eigenvalue weighted by atomic mass is 32.2. The van der Waals surface area contributed by atoms with Gasteiger partial charge in [0.05, 0.1) is 4.90 Å². The minimum Gasteiger partial charge on any atom is -0.399 e. The van der Waals surface area contributed by atoms with E-state index in [1.807, 2.05) is 13.0 Å². The van der Waals surface area contributed by atoms with E-state index in [9.17, 15) is 8.78 Å². The molecule has 2 aromatic carbocycles. The van der Waals surface area contributed by atoms with Crippen LogP contribution >= 0.6 is 11.8 Å². The normalized spacial score (nSPS) is 10.5. The summed E-state index contributed by atoms with van der Waals surface area (Å²) in [4.78, 5) is 1.09. The van der Waals surface area contributed by atoms with Gasteiger partial charge in [-0.15, -0.1) is 0 Å². The maximum Gasteiger partial charge on any atom is 0.137 e. The van der Waals surface area contributed by atoms with Crippen LogP contribution in [0.2, 0.25) is 0 Å². The van der Waals surface area contributed by atoms with Gasteiger partial charge >= 0.3 is 0 Å². The van der Waals surface area contributed by atoms with Gasteiger partial charge in [-0.25, -0.2) is 8.78 Å². The fourth-order valence-corrected chi connectivity index (χ4v) is 2.40. The number of hydrogen-bond acceptors (Lipinski definition) is 2. The molecule has 0 amide bonds. The van der Waals surface area contributed by atoms with E-state index in [4.69, 9.17) is 5.73 Å². The van der Waals surface area contributed by atoms with Crippen molar-refractivity contribution in [1.29, 1.82) is 0 Å². The summed E-state index contributed by atoms with van der Waals surface area (Å²) in [6, 6.07) is 8.80. The molecule has 0 heterocycles. The molecule has 0 bridgehead atoms. The van der Waals surface area contributed by atoms with Crippen molar-refractivity contribution in [3.05, 3.63) is 53.6 Å². The first-order chi connectivity index (χ1) is 8.06. The average Bonchev–Trinajstić information content (AvgIpc) is 2.28. The van der Waals surface area contributed by atoms with Gasteiger partial charge in [-0.1, -0.05) is 17.8 Å². The number of anilines is 1. The van der Waals surface area contributed by atoms with E-state index in [2.05, 4.69) is 0 Å². The standard InChI is InChI=1S/C13H11F2NS/c1-8-2-4-10(16)7-12(8)17-13-6-9(14)3-5-11(13)15/h2-7H,16H2,1H3.